The Morgan fingerprint density at radius 1 is 1.28 bits per heavy atom. The molecule has 0 radical (unpaired) electrons. The molecule has 0 aliphatic carbocycles. The van der Waals surface area contributed by atoms with Crippen molar-refractivity contribution in [2.45, 2.75) is 32.8 Å². The zero-order valence-corrected chi connectivity index (χ0v) is 14.4. The maximum atomic E-state index is 12.7. The molecule has 1 atom stereocenters. The number of likely N-dealkylation sites (tertiary alicyclic amines) is 1. The maximum absolute atomic E-state index is 12.7. The van der Waals surface area contributed by atoms with Crippen molar-refractivity contribution in [1.29, 1.82) is 5.26 Å². The summed E-state index contributed by atoms with van der Waals surface area (Å²) in [4.78, 5) is 23.0. The molecule has 25 heavy (non-hydrogen) atoms. The highest BCUT2D eigenvalue weighted by Gasteiger charge is 2.26. The van der Waals surface area contributed by atoms with Crippen molar-refractivity contribution in [3.8, 4) is 11.9 Å². The number of aryl methyl sites for hydroxylation is 2. The number of aromatic nitrogens is 2. The first-order valence-electron chi connectivity index (χ1n) is 8.33. The summed E-state index contributed by atoms with van der Waals surface area (Å²) in [5.74, 6) is 1.20. The van der Waals surface area contributed by atoms with Crippen LogP contribution < -0.4 is 4.74 Å². The largest absolute Gasteiger partial charge is 0.472 e. The summed E-state index contributed by atoms with van der Waals surface area (Å²) in [5, 5.41) is 8.86. The SMILES string of the molecule is Cc1cc(O[C@@H]2CCCN(C(=O)c3ccc(C#N)cc3)C2)nc(C)n1. The number of amides is 1. The van der Waals surface area contributed by atoms with Gasteiger partial charge in [0, 0.05) is 23.9 Å². The molecule has 1 aliphatic heterocycles. The molecule has 128 valence electrons. The predicted molar refractivity (Wildman–Crippen MR) is 92.2 cm³/mol. The Bertz CT molecular complexity index is 791. The average Bonchev–Trinajstić information content (AvgIpc) is 2.60. The lowest BCUT2D eigenvalue weighted by Gasteiger charge is -2.32. The summed E-state index contributed by atoms with van der Waals surface area (Å²) in [6.45, 7) is 4.98. The second-order valence-corrected chi connectivity index (χ2v) is 6.22. The molecule has 0 saturated carbocycles. The number of carbonyl (C=O) groups is 1. The van der Waals surface area contributed by atoms with Gasteiger partial charge >= 0.3 is 0 Å². The number of nitrogens with zero attached hydrogens (tertiary/aromatic N) is 4. The minimum atomic E-state index is -0.0789. The van der Waals surface area contributed by atoms with Gasteiger partial charge in [0.25, 0.3) is 5.91 Å². The third kappa shape index (κ3) is 4.13. The van der Waals surface area contributed by atoms with E-state index in [1.807, 2.05) is 19.9 Å². The number of carbonyl (C=O) groups excluding carboxylic acids is 1. The normalized spacial score (nSPS) is 17.0. The molecule has 1 saturated heterocycles. The van der Waals surface area contributed by atoms with Gasteiger partial charge < -0.3 is 9.64 Å². The number of piperidine rings is 1. The van der Waals surface area contributed by atoms with Gasteiger partial charge in [0.05, 0.1) is 18.2 Å². The highest BCUT2D eigenvalue weighted by molar-refractivity contribution is 5.94. The zero-order chi connectivity index (χ0) is 17.8. The van der Waals surface area contributed by atoms with Crippen LogP contribution in [0.4, 0.5) is 0 Å². The average molecular weight is 336 g/mol. The van der Waals surface area contributed by atoms with E-state index >= 15 is 0 Å². The number of benzene rings is 1. The number of ether oxygens (including phenoxy) is 1. The van der Waals surface area contributed by atoms with E-state index < -0.39 is 0 Å². The third-order valence-electron chi connectivity index (χ3n) is 4.16. The van der Waals surface area contributed by atoms with E-state index in [2.05, 4.69) is 16.0 Å². The highest BCUT2D eigenvalue weighted by Crippen LogP contribution is 2.19. The molecule has 2 heterocycles. The zero-order valence-electron chi connectivity index (χ0n) is 14.4. The van der Waals surface area contributed by atoms with Crippen LogP contribution >= 0.6 is 0 Å². The fraction of sp³-hybridized carbons (Fsp3) is 0.368. The highest BCUT2D eigenvalue weighted by atomic mass is 16.5. The monoisotopic (exact) mass is 336 g/mol. The Morgan fingerprint density at radius 3 is 2.72 bits per heavy atom. The molecule has 1 fully saturated rings. The van der Waals surface area contributed by atoms with Gasteiger partial charge in [-0.15, -0.1) is 0 Å². The van der Waals surface area contributed by atoms with E-state index in [4.69, 9.17) is 10.00 Å². The Labute approximate surface area is 147 Å². The van der Waals surface area contributed by atoms with Gasteiger partial charge in [-0.1, -0.05) is 0 Å². The quantitative estimate of drug-likeness (QED) is 0.861. The summed E-state index contributed by atoms with van der Waals surface area (Å²) in [7, 11) is 0. The second-order valence-electron chi connectivity index (χ2n) is 6.22. The first kappa shape index (κ1) is 16.9. The summed E-state index contributed by atoms with van der Waals surface area (Å²) in [5.41, 5.74) is 2.00. The fourth-order valence-electron chi connectivity index (χ4n) is 3.00. The summed E-state index contributed by atoms with van der Waals surface area (Å²) >= 11 is 0. The lowest BCUT2D eigenvalue weighted by Crippen LogP contribution is -2.44. The van der Waals surface area contributed by atoms with Gasteiger partial charge in [-0.2, -0.15) is 10.2 Å². The first-order valence-corrected chi connectivity index (χ1v) is 8.33. The molecule has 0 N–H and O–H groups in total. The number of hydrogen-bond donors (Lipinski definition) is 0. The molecule has 0 bridgehead atoms. The fourth-order valence-corrected chi connectivity index (χ4v) is 3.00. The lowest BCUT2D eigenvalue weighted by atomic mass is 10.1. The molecule has 0 spiro atoms. The van der Waals surface area contributed by atoms with Crippen molar-refractivity contribution < 1.29 is 9.53 Å². The van der Waals surface area contributed by atoms with Crippen LogP contribution in [0.5, 0.6) is 5.88 Å². The van der Waals surface area contributed by atoms with Crippen LogP contribution in [0.2, 0.25) is 0 Å². The van der Waals surface area contributed by atoms with Crippen molar-refractivity contribution in [2.75, 3.05) is 13.1 Å². The second kappa shape index (κ2) is 7.31. The molecular formula is C19H20N4O2. The standard InChI is InChI=1S/C19H20N4O2/c1-13-10-18(22-14(2)21-13)25-17-4-3-9-23(12-17)19(24)16-7-5-15(11-20)6-8-16/h5-8,10,17H,3-4,9,12H2,1-2H3/t17-/m1/s1. The van der Waals surface area contributed by atoms with E-state index in [1.165, 1.54) is 0 Å². The first-order chi connectivity index (χ1) is 12.0. The summed E-state index contributed by atoms with van der Waals surface area (Å²) in [6, 6.07) is 10.6. The summed E-state index contributed by atoms with van der Waals surface area (Å²) in [6.07, 6.45) is 1.69. The number of rotatable bonds is 3. The third-order valence-corrected chi connectivity index (χ3v) is 4.16. The van der Waals surface area contributed by atoms with Crippen LogP contribution in [0.3, 0.4) is 0 Å². The molecule has 6 nitrogen and oxygen atoms in total. The van der Waals surface area contributed by atoms with Crippen LogP contribution in [-0.2, 0) is 0 Å². The van der Waals surface area contributed by atoms with Crippen LogP contribution in [0, 0.1) is 25.2 Å². The van der Waals surface area contributed by atoms with Gasteiger partial charge in [-0.05, 0) is 51.0 Å². The van der Waals surface area contributed by atoms with Crippen LogP contribution in [-0.4, -0.2) is 40.0 Å². The van der Waals surface area contributed by atoms with Crippen molar-refractivity contribution in [1.82, 2.24) is 14.9 Å². The van der Waals surface area contributed by atoms with Gasteiger partial charge in [0.15, 0.2) is 0 Å². The number of nitriles is 1. The molecule has 6 heteroatoms. The number of hydrogen-bond acceptors (Lipinski definition) is 5. The summed E-state index contributed by atoms with van der Waals surface area (Å²) < 4.78 is 5.98. The smallest absolute Gasteiger partial charge is 0.253 e. The molecule has 3 rings (SSSR count). The van der Waals surface area contributed by atoms with E-state index in [9.17, 15) is 4.79 Å². The lowest BCUT2D eigenvalue weighted by molar-refractivity contribution is 0.0527. The van der Waals surface area contributed by atoms with E-state index in [0.29, 0.717) is 35.9 Å². The van der Waals surface area contributed by atoms with Crippen LogP contribution in [0.25, 0.3) is 0 Å². The van der Waals surface area contributed by atoms with Gasteiger partial charge in [0.2, 0.25) is 5.88 Å². The Kier molecular flexibility index (Phi) is 4.94. The molecule has 2 aromatic rings. The molecule has 1 amide bonds. The minimum Gasteiger partial charge on any atom is -0.472 e. The van der Waals surface area contributed by atoms with E-state index in [0.717, 1.165) is 18.5 Å². The van der Waals surface area contributed by atoms with Crippen molar-refractivity contribution in [3.63, 3.8) is 0 Å². The van der Waals surface area contributed by atoms with Crippen molar-refractivity contribution in [3.05, 3.63) is 53.0 Å². The van der Waals surface area contributed by atoms with Crippen molar-refractivity contribution >= 4 is 5.91 Å². The topological polar surface area (TPSA) is 79.1 Å². The van der Waals surface area contributed by atoms with Gasteiger partial charge in [0.1, 0.15) is 11.9 Å². The van der Waals surface area contributed by atoms with E-state index in [-0.39, 0.29) is 12.0 Å². The Hall–Kier alpha value is -2.94. The molecule has 0 unspecified atom stereocenters. The predicted octanol–water partition coefficient (Wildman–Crippen LogP) is 2.65. The van der Waals surface area contributed by atoms with Gasteiger partial charge in [-0.3, -0.25) is 4.79 Å². The Morgan fingerprint density at radius 2 is 2.04 bits per heavy atom. The van der Waals surface area contributed by atoms with Crippen molar-refractivity contribution in [2.24, 2.45) is 0 Å². The maximum Gasteiger partial charge on any atom is 0.253 e. The molecule has 1 aromatic heterocycles. The molecule has 1 aromatic carbocycles. The van der Waals surface area contributed by atoms with Crippen LogP contribution in [0.15, 0.2) is 30.3 Å². The minimum absolute atomic E-state index is 0.0344. The van der Waals surface area contributed by atoms with E-state index in [1.54, 1.807) is 29.2 Å². The van der Waals surface area contributed by atoms with Gasteiger partial charge in [-0.25, -0.2) is 4.98 Å². The molecular weight excluding hydrogens is 316 g/mol. The van der Waals surface area contributed by atoms with Crippen LogP contribution in [0.1, 0.15) is 40.3 Å². The Balaban J connectivity index is 1.67. The molecule has 1 aliphatic rings.